The van der Waals surface area contributed by atoms with Crippen molar-refractivity contribution in [3.8, 4) is 0 Å². The van der Waals surface area contributed by atoms with Crippen LogP contribution in [0.4, 0.5) is 5.69 Å². The number of fused-ring (bicyclic) bond motifs is 1. The van der Waals surface area contributed by atoms with Gasteiger partial charge in [-0.25, -0.2) is 9.78 Å². The number of para-hydroxylation sites is 1. The number of nitrogens with one attached hydrogen (secondary N) is 2. The summed E-state index contributed by atoms with van der Waals surface area (Å²) in [5.74, 6) is -0.883. The van der Waals surface area contributed by atoms with Crippen LogP contribution in [0.15, 0.2) is 67.1 Å². The van der Waals surface area contributed by atoms with Gasteiger partial charge in [0.25, 0.3) is 11.8 Å². The number of aromatic nitrogens is 3. The fourth-order valence-corrected chi connectivity index (χ4v) is 3.96. The minimum Gasteiger partial charge on any atom is -0.465 e. The van der Waals surface area contributed by atoms with E-state index >= 15 is 0 Å². The quantitative estimate of drug-likeness (QED) is 0.384. The third-order valence-electron chi connectivity index (χ3n) is 5.90. The molecule has 0 saturated heterocycles. The van der Waals surface area contributed by atoms with Gasteiger partial charge < -0.3 is 15.4 Å². The van der Waals surface area contributed by atoms with E-state index in [1.165, 1.54) is 31.8 Å². The van der Waals surface area contributed by atoms with Gasteiger partial charge in [-0.3, -0.25) is 19.6 Å². The molecule has 4 aromatic rings. The van der Waals surface area contributed by atoms with Crippen molar-refractivity contribution in [2.45, 2.75) is 25.3 Å². The molecule has 1 aliphatic rings. The highest BCUT2D eigenvalue weighted by molar-refractivity contribution is 6.06. The number of ether oxygens (including phenoxy) is 1. The van der Waals surface area contributed by atoms with Crippen molar-refractivity contribution in [2.24, 2.45) is 0 Å². The van der Waals surface area contributed by atoms with Gasteiger partial charge in [0.05, 0.1) is 30.0 Å². The summed E-state index contributed by atoms with van der Waals surface area (Å²) in [7, 11) is 1.28. The maximum atomic E-state index is 13.2. The zero-order valence-electron chi connectivity index (χ0n) is 19.5. The fraction of sp³-hybridized carbons (Fsp3) is 0.185. The lowest BCUT2D eigenvalue weighted by atomic mass is 10.0. The molecule has 2 aromatic carbocycles. The molecule has 2 aromatic heterocycles. The molecule has 0 unspecified atom stereocenters. The summed E-state index contributed by atoms with van der Waals surface area (Å²) in [6.07, 6.45) is 6.38. The molecule has 2 amide bonds. The number of amides is 2. The molecule has 1 fully saturated rings. The lowest BCUT2D eigenvalue weighted by molar-refractivity contribution is 0.0600. The molecule has 9 nitrogen and oxygen atoms in total. The van der Waals surface area contributed by atoms with Gasteiger partial charge in [-0.2, -0.15) is 0 Å². The Morgan fingerprint density at radius 2 is 1.86 bits per heavy atom. The molecular weight excluding hydrogens is 458 g/mol. The normalized spacial score (nSPS) is 12.7. The molecule has 0 radical (unpaired) electrons. The van der Waals surface area contributed by atoms with E-state index < -0.39 is 11.9 Å². The molecule has 2 N–H and O–H groups in total. The summed E-state index contributed by atoms with van der Waals surface area (Å²) in [5, 5.41) is 6.43. The number of carbonyl (C=O) groups is 3. The van der Waals surface area contributed by atoms with Gasteiger partial charge in [-0.1, -0.05) is 18.2 Å². The predicted molar refractivity (Wildman–Crippen MR) is 133 cm³/mol. The van der Waals surface area contributed by atoms with Crippen LogP contribution < -0.4 is 10.6 Å². The maximum Gasteiger partial charge on any atom is 0.337 e. The number of benzene rings is 2. The largest absolute Gasteiger partial charge is 0.465 e. The predicted octanol–water partition coefficient (Wildman–Crippen LogP) is 3.87. The lowest BCUT2D eigenvalue weighted by Gasteiger charge is -2.12. The van der Waals surface area contributed by atoms with Crippen molar-refractivity contribution < 1.29 is 19.1 Å². The Labute approximate surface area is 206 Å². The summed E-state index contributed by atoms with van der Waals surface area (Å²) in [5.41, 5.74) is 3.62. The third kappa shape index (κ3) is 5.05. The van der Waals surface area contributed by atoms with Crippen molar-refractivity contribution in [1.29, 1.82) is 0 Å². The Balaban J connectivity index is 1.39. The summed E-state index contributed by atoms with van der Waals surface area (Å²) in [6.45, 7) is 0.132. The second kappa shape index (κ2) is 9.91. The van der Waals surface area contributed by atoms with Crippen LogP contribution in [0.25, 0.3) is 10.9 Å². The molecule has 5 rings (SSSR count). The van der Waals surface area contributed by atoms with Gasteiger partial charge in [0, 0.05) is 41.6 Å². The van der Waals surface area contributed by atoms with Crippen LogP contribution in [-0.2, 0) is 11.3 Å². The first-order valence-electron chi connectivity index (χ1n) is 11.5. The number of anilines is 1. The SMILES string of the molecule is COC(=O)c1cc(CNC(=O)c2cc(C3CC3)nc3ccccc23)cc(NC(=O)c2cnccn2)c1. The van der Waals surface area contributed by atoms with Crippen molar-refractivity contribution in [3.63, 3.8) is 0 Å². The van der Waals surface area contributed by atoms with Crippen LogP contribution in [0.1, 0.15) is 61.2 Å². The number of rotatable bonds is 7. The Hall–Kier alpha value is -4.66. The number of methoxy groups -OCH3 is 1. The maximum absolute atomic E-state index is 13.2. The van der Waals surface area contributed by atoms with Crippen LogP contribution >= 0.6 is 0 Å². The van der Waals surface area contributed by atoms with E-state index in [-0.39, 0.29) is 23.7 Å². The van der Waals surface area contributed by atoms with E-state index in [1.54, 1.807) is 12.1 Å². The zero-order chi connectivity index (χ0) is 25.1. The smallest absolute Gasteiger partial charge is 0.337 e. The van der Waals surface area contributed by atoms with Crippen molar-refractivity contribution in [1.82, 2.24) is 20.3 Å². The van der Waals surface area contributed by atoms with E-state index in [9.17, 15) is 14.4 Å². The fourth-order valence-electron chi connectivity index (χ4n) is 3.96. The van der Waals surface area contributed by atoms with E-state index in [2.05, 4.69) is 20.6 Å². The minimum atomic E-state index is -0.563. The first-order chi connectivity index (χ1) is 17.5. The third-order valence-corrected chi connectivity index (χ3v) is 5.90. The van der Waals surface area contributed by atoms with Crippen LogP contribution in [0.3, 0.4) is 0 Å². The zero-order valence-corrected chi connectivity index (χ0v) is 19.5. The van der Waals surface area contributed by atoms with Crippen LogP contribution in [-0.4, -0.2) is 39.8 Å². The molecule has 0 bridgehead atoms. The molecule has 0 atom stereocenters. The molecule has 0 aliphatic heterocycles. The van der Waals surface area contributed by atoms with E-state index in [1.807, 2.05) is 30.3 Å². The number of esters is 1. The Morgan fingerprint density at radius 1 is 1.03 bits per heavy atom. The molecule has 180 valence electrons. The van der Waals surface area contributed by atoms with Crippen molar-refractivity contribution >= 4 is 34.4 Å². The highest BCUT2D eigenvalue weighted by Crippen LogP contribution is 2.40. The Morgan fingerprint density at radius 3 is 2.61 bits per heavy atom. The topological polar surface area (TPSA) is 123 Å². The van der Waals surface area contributed by atoms with E-state index in [4.69, 9.17) is 9.72 Å². The number of carbonyl (C=O) groups excluding carboxylic acids is 3. The average Bonchev–Trinajstić information content (AvgIpc) is 3.77. The van der Waals surface area contributed by atoms with E-state index in [0.29, 0.717) is 22.7 Å². The first-order valence-corrected chi connectivity index (χ1v) is 11.5. The Bertz CT molecular complexity index is 1470. The number of hydrogen-bond acceptors (Lipinski definition) is 7. The first kappa shape index (κ1) is 23.1. The summed E-state index contributed by atoms with van der Waals surface area (Å²) in [4.78, 5) is 50.6. The number of nitrogens with zero attached hydrogens (tertiary/aromatic N) is 3. The van der Waals surface area contributed by atoms with Gasteiger partial charge in [-0.05, 0) is 48.7 Å². The molecule has 36 heavy (non-hydrogen) atoms. The average molecular weight is 482 g/mol. The molecular formula is C27H23N5O4. The van der Waals surface area contributed by atoms with Crippen LogP contribution in [0, 0.1) is 0 Å². The molecule has 2 heterocycles. The standard InChI is InChI=1S/C27H23N5O4/c1-36-27(35)18-10-16(11-19(12-18)31-26(34)24-15-28-8-9-29-24)14-30-25(33)21-13-23(17-6-7-17)32-22-5-3-2-4-20(21)22/h2-5,8-13,15,17H,6-7,14H2,1H3,(H,30,33)(H,31,34). The minimum absolute atomic E-state index is 0.131. The molecule has 1 aliphatic carbocycles. The summed E-state index contributed by atoms with van der Waals surface area (Å²) in [6, 6.07) is 14.2. The Kier molecular flexibility index (Phi) is 6.36. The molecule has 1 saturated carbocycles. The summed E-state index contributed by atoms with van der Waals surface area (Å²) < 4.78 is 4.85. The van der Waals surface area contributed by atoms with Gasteiger partial charge in [0.2, 0.25) is 0 Å². The number of hydrogen-bond donors (Lipinski definition) is 2. The van der Waals surface area contributed by atoms with Crippen molar-refractivity contribution in [3.05, 3.63) is 95.2 Å². The van der Waals surface area contributed by atoms with Gasteiger partial charge in [-0.15, -0.1) is 0 Å². The van der Waals surface area contributed by atoms with Gasteiger partial charge in [0.1, 0.15) is 5.69 Å². The van der Waals surface area contributed by atoms with Gasteiger partial charge >= 0.3 is 5.97 Å². The highest BCUT2D eigenvalue weighted by Gasteiger charge is 2.27. The van der Waals surface area contributed by atoms with E-state index in [0.717, 1.165) is 29.4 Å². The van der Waals surface area contributed by atoms with Crippen molar-refractivity contribution in [2.75, 3.05) is 12.4 Å². The van der Waals surface area contributed by atoms with Crippen LogP contribution in [0.2, 0.25) is 0 Å². The molecule has 9 heteroatoms. The highest BCUT2D eigenvalue weighted by atomic mass is 16.5. The molecule has 0 spiro atoms. The van der Waals surface area contributed by atoms with Crippen LogP contribution in [0.5, 0.6) is 0 Å². The second-order valence-electron chi connectivity index (χ2n) is 8.52. The van der Waals surface area contributed by atoms with Gasteiger partial charge in [0.15, 0.2) is 0 Å². The number of pyridine rings is 1. The monoisotopic (exact) mass is 481 g/mol. The second-order valence-corrected chi connectivity index (χ2v) is 8.52. The lowest BCUT2D eigenvalue weighted by Crippen LogP contribution is -2.24. The summed E-state index contributed by atoms with van der Waals surface area (Å²) >= 11 is 0.